The van der Waals surface area contributed by atoms with Gasteiger partial charge in [0.2, 0.25) is 5.91 Å². The van der Waals surface area contributed by atoms with E-state index in [9.17, 15) is 4.79 Å². The summed E-state index contributed by atoms with van der Waals surface area (Å²) in [7, 11) is 0. The zero-order chi connectivity index (χ0) is 24.6. The average molecular weight is 487 g/mol. The minimum atomic E-state index is -0.343. The topological polar surface area (TPSA) is 69.0 Å². The number of thioether (sulfide) groups is 1. The van der Waals surface area contributed by atoms with Crippen LogP contribution in [-0.2, 0) is 21.9 Å². The van der Waals surface area contributed by atoms with E-state index in [1.54, 1.807) is 11.8 Å². The second-order valence-corrected chi connectivity index (χ2v) is 9.44. The maximum Gasteiger partial charge on any atom is 0.246 e. The third-order valence-electron chi connectivity index (χ3n) is 5.68. The first kappa shape index (κ1) is 24.7. The smallest absolute Gasteiger partial charge is 0.246 e. The van der Waals surface area contributed by atoms with Crippen molar-refractivity contribution in [3.63, 3.8) is 0 Å². The fourth-order valence-electron chi connectivity index (χ4n) is 3.69. The number of hydrogen-bond donors (Lipinski definition) is 1. The fourth-order valence-corrected chi connectivity index (χ4v) is 4.72. The molecule has 0 saturated heterocycles. The maximum absolute atomic E-state index is 12.6. The molecule has 0 fully saturated rings. The van der Waals surface area contributed by atoms with Crippen molar-refractivity contribution in [2.75, 3.05) is 6.61 Å². The molecule has 1 atom stereocenters. The predicted octanol–water partition coefficient (Wildman–Crippen LogP) is 5.57. The van der Waals surface area contributed by atoms with E-state index in [0.717, 1.165) is 22.2 Å². The van der Waals surface area contributed by atoms with Gasteiger partial charge in [-0.3, -0.25) is 9.36 Å². The maximum atomic E-state index is 12.6. The zero-order valence-corrected chi connectivity index (χ0v) is 21.1. The van der Waals surface area contributed by atoms with E-state index in [0.29, 0.717) is 12.4 Å². The van der Waals surface area contributed by atoms with Crippen LogP contribution in [0.5, 0.6) is 0 Å². The van der Waals surface area contributed by atoms with Crippen LogP contribution in [0, 0.1) is 13.8 Å². The molecule has 180 valence electrons. The molecular weight excluding hydrogens is 456 g/mol. The average Bonchev–Trinajstić information content (AvgIpc) is 3.29. The molecule has 4 rings (SSSR count). The molecule has 1 amide bonds. The molecule has 1 unspecified atom stereocenters. The number of amides is 1. The van der Waals surface area contributed by atoms with Crippen LogP contribution < -0.4 is 5.32 Å². The number of rotatable bonds is 10. The Kier molecular flexibility index (Phi) is 8.34. The van der Waals surface area contributed by atoms with Crippen molar-refractivity contribution >= 4 is 17.7 Å². The second kappa shape index (κ2) is 11.8. The van der Waals surface area contributed by atoms with Crippen molar-refractivity contribution < 1.29 is 9.53 Å². The van der Waals surface area contributed by atoms with Gasteiger partial charge in [-0.25, -0.2) is 0 Å². The lowest BCUT2D eigenvalue weighted by atomic mass is 10.1. The standard InChI is InChI=1S/C28H30N4O2S/c1-20-13-15-25(16-14-20)32-27(30-31-28(32)35-19-24-12-8-7-9-21(24)2)22(3)29-26(33)18-34-17-23-10-5-4-6-11-23/h4-16,22H,17-19H2,1-3H3,(H,29,33). The predicted molar refractivity (Wildman–Crippen MR) is 139 cm³/mol. The molecule has 6 nitrogen and oxygen atoms in total. The number of aromatic nitrogens is 3. The van der Waals surface area contributed by atoms with Crippen molar-refractivity contribution in [1.29, 1.82) is 0 Å². The van der Waals surface area contributed by atoms with Gasteiger partial charge in [-0.2, -0.15) is 0 Å². The molecule has 35 heavy (non-hydrogen) atoms. The van der Waals surface area contributed by atoms with Gasteiger partial charge in [0.05, 0.1) is 12.6 Å². The van der Waals surface area contributed by atoms with Crippen LogP contribution in [0.1, 0.15) is 41.0 Å². The molecule has 4 aromatic rings. The number of nitrogens with zero attached hydrogens (tertiary/aromatic N) is 3. The summed E-state index contributed by atoms with van der Waals surface area (Å²) in [6.45, 7) is 6.46. The van der Waals surface area contributed by atoms with Crippen LogP contribution in [0.3, 0.4) is 0 Å². The number of aryl methyl sites for hydroxylation is 2. The summed E-state index contributed by atoms with van der Waals surface area (Å²) in [6.07, 6.45) is 0. The van der Waals surface area contributed by atoms with E-state index in [1.165, 1.54) is 16.7 Å². The SMILES string of the molecule is Cc1ccc(-n2c(SCc3ccccc3C)nnc2C(C)NC(=O)COCc2ccccc2)cc1. The van der Waals surface area contributed by atoms with E-state index in [2.05, 4.69) is 71.8 Å². The van der Waals surface area contributed by atoms with E-state index < -0.39 is 0 Å². The number of carbonyl (C=O) groups excluding carboxylic acids is 1. The Hall–Kier alpha value is -3.42. The number of hydrogen-bond acceptors (Lipinski definition) is 5. The lowest BCUT2D eigenvalue weighted by Gasteiger charge is -2.17. The van der Waals surface area contributed by atoms with Crippen molar-refractivity contribution in [1.82, 2.24) is 20.1 Å². The summed E-state index contributed by atoms with van der Waals surface area (Å²) in [5.41, 5.74) is 5.67. The van der Waals surface area contributed by atoms with Crippen LogP contribution in [0.2, 0.25) is 0 Å². The number of nitrogens with one attached hydrogen (secondary N) is 1. The van der Waals surface area contributed by atoms with E-state index in [-0.39, 0.29) is 18.6 Å². The quantitative estimate of drug-likeness (QED) is 0.297. The highest BCUT2D eigenvalue weighted by Gasteiger charge is 2.21. The van der Waals surface area contributed by atoms with Crippen LogP contribution in [0.4, 0.5) is 0 Å². The van der Waals surface area contributed by atoms with Gasteiger partial charge >= 0.3 is 0 Å². The van der Waals surface area contributed by atoms with Crippen molar-refractivity contribution in [2.24, 2.45) is 0 Å². The first-order valence-electron chi connectivity index (χ1n) is 11.6. The lowest BCUT2D eigenvalue weighted by molar-refractivity contribution is -0.126. The Labute approximate surface area is 210 Å². The number of carbonyl (C=O) groups is 1. The highest BCUT2D eigenvalue weighted by Crippen LogP contribution is 2.28. The molecule has 0 aliphatic rings. The molecule has 0 bridgehead atoms. The number of benzene rings is 3. The molecule has 7 heteroatoms. The Balaban J connectivity index is 1.48. The van der Waals surface area contributed by atoms with Gasteiger partial charge in [-0.05, 0) is 49.6 Å². The van der Waals surface area contributed by atoms with Crippen molar-refractivity contribution in [3.05, 3.63) is 107 Å². The molecule has 0 saturated carbocycles. The molecule has 3 aromatic carbocycles. The fraction of sp³-hybridized carbons (Fsp3) is 0.250. The Morgan fingerprint density at radius 1 is 0.971 bits per heavy atom. The summed E-state index contributed by atoms with van der Waals surface area (Å²) < 4.78 is 7.62. The molecule has 0 spiro atoms. The molecule has 0 aliphatic heterocycles. The summed E-state index contributed by atoms with van der Waals surface area (Å²) in [6, 6.07) is 26.0. The van der Waals surface area contributed by atoms with Gasteiger partial charge in [0.1, 0.15) is 6.61 Å². The van der Waals surface area contributed by atoms with Crippen LogP contribution in [0.25, 0.3) is 5.69 Å². The molecule has 0 aliphatic carbocycles. The van der Waals surface area contributed by atoms with E-state index >= 15 is 0 Å². The van der Waals surface area contributed by atoms with Gasteiger partial charge in [0.25, 0.3) is 0 Å². The van der Waals surface area contributed by atoms with Crippen molar-refractivity contribution in [3.8, 4) is 5.69 Å². The minimum absolute atomic E-state index is 0.0210. The molecule has 1 heterocycles. The Bertz CT molecular complexity index is 1260. The molecular formula is C28H30N4O2S. The third kappa shape index (κ3) is 6.59. The summed E-state index contributed by atoms with van der Waals surface area (Å²) in [4.78, 5) is 12.6. The third-order valence-corrected chi connectivity index (χ3v) is 6.66. The van der Waals surface area contributed by atoms with Crippen LogP contribution in [0.15, 0.2) is 84.0 Å². The number of ether oxygens (including phenoxy) is 1. The van der Waals surface area contributed by atoms with Gasteiger partial charge in [-0.1, -0.05) is 84.1 Å². The Morgan fingerprint density at radius 3 is 2.43 bits per heavy atom. The van der Waals surface area contributed by atoms with Gasteiger partial charge < -0.3 is 10.1 Å². The van der Waals surface area contributed by atoms with E-state index in [1.807, 2.05) is 47.9 Å². The first-order chi connectivity index (χ1) is 17.0. The lowest BCUT2D eigenvalue weighted by Crippen LogP contribution is -2.31. The van der Waals surface area contributed by atoms with Crippen LogP contribution in [-0.4, -0.2) is 27.3 Å². The first-order valence-corrected chi connectivity index (χ1v) is 12.6. The van der Waals surface area contributed by atoms with Gasteiger partial charge in [0.15, 0.2) is 11.0 Å². The monoisotopic (exact) mass is 486 g/mol. The summed E-state index contributed by atoms with van der Waals surface area (Å²) in [5.74, 6) is 1.27. The summed E-state index contributed by atoms with van der Waals surface area (Å²) >= 11 is 1.63. The van der Waals surface area contributed by atoms with Gasteiger partial charge in [-0.15, -0.1) is 10.2 Å². The highest BCUT2D eigenvalue weighted by molar-refractivity contribution is 7.98. The Morgan fingerprint density at radius 2 is 1.69 bits per heavy atom. The second-order valence-electron chi connectivity index (χ2n) is 8.49. The van der Waals surface area contributed by atoms with E-state index in [4.69, 9.17) is 4.74 Å². The van der Waals surface area contributed by atoms with Crippen LogP contribution >= 0.6 is 11.8 Å². The molecule has 1 aromatic heterocycles. The van der Waals surface area contributed by atoms with Crippen molar-refractivity contribution in [2.45, 2.75) is 44.3 Å². The normalized spacial score (nSPS) is 11.9. The minimum Gasteiger partial charge on any atom is -0.367 e. The molecule has 1 N–H and O–H groups in total. The largest absolute Gasteiger partial charge is 0.367 e. The zero-order valence-electron chi connectivity index (χ0n) is 20.3. The highest BCUT2D eigenvalue weighted by atomic mass is 32.2. The molecule has 0 radical (unpaired) electrons. The van der Waals surface area contributed by atoms with Gasteiger partial charge in [0, 0.05) is 11.4 Å². The summed E-state index contributed by atoms with van der Waals surface area (Å²) in [5, 5.41) is 12.7.